The van der Waals surface area contributed by atoms with Crippen LogP contribution in [0.1, 0.15) is 33.5 Å². The van der Waals surface area contributed by atoms with Gasteiger partial charge in [0, 0.05) is 43.7 Å². The summed E-state index contributed by atoms with van der Waals surface area (Å²) in [5, 5.41) is 0. The van der Waals surface area contributed by atoms with Gasteiger partial charge in [-0.2, -0.15) is 0 Å². The van der Waals surface area contributed by atoms with Gasteiger partial charge in [-0.15, -0.1) is 11.6 Å². The van der Waals surface area contributed by atoms with Crippen molar-refractivity contribution in [2.45, 2.75) is 52.7 Å². The third-order valence-electron chi connectivity index (χ3n) is 3.86. The van der Waals surface area contributed by atoms with E-state index in [1.165, 1.54) is 0 Å². The third-order valence-corrected chi connectivity index (χ3v) is 4.05. The molecular weight excluding hydrogens is 284 g/mol. The predicted molar refractivity (Wildman–Crippen MR) is 88.9 cm³/mol. The number of halogens is 1. The van der Waals surface area contributed by atoms with Crippen molar-refractivity contribution in [1.29, 1.82) is 0 Å². The van der Waals surface area contributed by atoms with Crippen molar-refractivity contribution in [3.05, 3.63) is 24.3 Å². The fourth-order valence-corrected chi connectivity index (χ4v) is 3.05. The van der Waals surface area contributed by atoms with Gasteiger partial charge in [0.1, 0.15) is 11.3 Å². The average Bonchev–Trinajstić information content (AvgIpc) is 2.77. The van der Waals surface area contributed by atoms with Gasteiger partial charge < -0.3 is 4.57 Å². The Morgan fingerprint density at radius 1 is 1.24 bits per heavy atom. The molecule has 4 nitrogen and oxygen atoms in total. The molecule has 5 heteroatoms. The molecule has 0 saturated carbocycles. The second-order valence-corrected chi connectivity index (χ2v) is 6.29. The summed E-state index contributed by atoms with van der Waals surface area (Å²) in [5.74, 6) is 1.65. The lowest BCUT2D eigenvalue weighted by Crippen LogP contribution is -2.39. The zero-order valence-electron chi connectivity index (χ0n) is 13.4. The fourth-order valence-electron chi connectivity index (χ4n) is 2.88. The van der Waals surface area contributed by atoms with Gasteiger partial charge in [-0.3, -0.25) is 9.88 Å². The van der Waals surface area contributed by atoms with Crippen molar-refractivity contribution in [1.82, 2.24) is 19.4 Å². The molecule has 0 fully saturated rings. The van der Waals surface area contributed by atoms with E-state index >= 15 is 0 Å². The van der Waals surface area contributed by atoms with Gasteiger partial charge in [-0.1, -0.05) is 0 Å². The number of aromatic nitrogens is 3. The van der Waals surface area contributed by atoms with Crippen LogP contribution in [0.3, 0.4) is 0 Å². The molecule has 0 aliphatic rings. The topological polar surface area (TPSA) is 34.0 Å². The van der Waals surface area contributed by atoms with Crippen LogP contribution in [0, 0.1) is 0 Å². The number of aryl methyl sites for hydroxylation is 1. The monoisotopic (exact) mass is 308 g/mol. The van der Waals surface area contributed by atoms with Crippen molar-refractivity contribution < 1.29 is 0 Å². The minimum atomic E-state index is 0.540. The highest BCUT2D eigenvalue weighted by molar-refractivity contribution is 6.17. The summed E-state index contributed by atoms with van der Waals surface area (Å²) in [7, 11) is 0. The molecule has 0 aliphatic carbocycles. The molecule has 0 bridgehead atoms. The van der Waals surface area contributed by atoms with Gasteiger partial charge in [-0.25, -0.2) is 4.98 Å². The number of alkyl halides is 1. The average molecular weight is 309 g/mol. The lowest BCUT2D eigenvalue weighted by Gasteiger charge is -2.30. The molecule has 0 N–H and O–H groups in total. The first kappa shape index (κ1) is 16.2. The first-order valence-corrected chi connectivity index (χ1v) is 8.19. The second kappa shape index (κ2) is 7.23. The van der Waals surface area contributed by atoms with Gasteiger partial charge >= 0.3 is 0 Å². The smallest absolute Gasteiger partial charge is 0.111 e. The van der Waals surface area contributed by atoms with Gasteiger partial charge in [0.15, 0.2) is 0 Å². The zero-order valence-corrected chi connectivity index (χ0v) is 14.1. The predicted octanol–water partition coefficient (Wildman–Crippen LogP) is 3.33. The van der Waals surface area contributed by atoms with Crippen molar-refractivity contribution in [3.8, 4) is 0 Å². The minimum Gasteiger partial charge on any atom is -0.327 e. The first-order chi connectivity index (χ1) is 10.0. The summed E-state index contributed by atoms with van der Waals surface area (Å²) < 4.78 is 2.29. The molecule has 0 radical (unpaired) electrons. The number of rotatable bonds is 7. The Labute approximate surface area is 132 Å². The Bertz CT molecular complexity index is 569. The van der Waals surface area contributed by atoms with Crippen molar-refractivity contribution >= 4 is 22.6 Å². The van der Waals surface area contributed by atoms with E-state index in [9.17, 15) is 0 Å². The Hall–Kier alpha value is -1.13. The van der Waals surface area contributed by atoms with Crippen LogP contribution in [0.4, 0.5) is 0 Å². The first-order valence-electron chi connectivity index (χ1n) is 7.65. The second-order valence-electron chi connectivity index (χ2n) is 5.91. The van der Waals surface area contributed by atoms with Gasteiger partial charge in [-0.05, 0) is 33.8 Å². The summed E-state index contributed by atoms with van der Waals surface area (Å²) in [6.45, 7) is 10.9. The standard InChI is InChI=1S/C16H25ClN4/c1-12(2)20(13(3)4)9-10-21-15-6-8-18-11-14(15)19-16(21)5-7-17/h6,8,11-13H,5,7,9-10H2,1-4H3. The normalized spacial score (nSPS) is 12.2. The van der Waals surface area contributed by atoms with E-state index < -0.39 is 0 Å². The Balaban J connectivity index is 2.25. The highest BCUT2D eigenvalue weighted by Gasteiger charge is 2.15. The number of hydrogen-bond donors (Lipinski definition) is 0. The van der Waals surface area contributed by atoms with Crippen LogP contribution in [0.5, 0.6) is 0 Å². The Morgan fingerprint density at radius 2 is 1.95 bits per heavy atom. The molecule has 116 valence electrons. The lowest BCUT2D eigenvalue weighted by molar-refractivity contribution is 0.168. The van der Waals surface area contributed by atoms with Crippen LogP contribution in [-0.2, 0) is 13.0 Å². The molecule has 0 unspecified atom stereocenters. The minimum absolute atomic E-state index is 0.540. The number of imidazole rings is 1. The largest absolute Gasteiger partial charge is 0.327 e. The van der Waals surface area contributed by atoms with Crippen LogP contribution in [-0.4, -0.2) is 43.9 Å². The summed E-state index contributed by atoms with van der Waals surface area (Å²) in [5.41, 5.74) is 2.11. The molecule has 21 heavy (non-hydrogen) atoms. The molecule has 0 spiro atoms. The SMILES string of the molecule is CC(C)N(CCn1c(CCCl)nc2cnccc21)C(C)C. The van der Waals surface area contributed by atoms with E-state index in [1.807, 2.05) is 18.5 Å². The molecule has 2 aromatic rings. The van der Waals surface area contributed by atoms with Crippen molar-refractivity contribution in [3.63, 3.8) is 0 Å². The van der Waals surface area contributed by atoms with E-state index in [4.69, 9.17) is 11.6 Å². The highest BCUT2D eigenvalue weighted by Crippen LogP contribution is 2.16. The summed E-state index contributed by atoms with van der Waals surface area (Å²) in [6, 6.07) is 3.12. The van der Waals surface area contributed by atoms with E-state index in [-0.39, 0.29) is 0 Å². The maximum Gasteiger partial charge on any atom is 0.111 e. The number of hydrogen-bond acceptors (Lipinski definition) is 3. The molecule has 0 aromatic carbocycles. The molecule has 0 amide bonds. The van der Waals surface area contributed by atoms with Gasteiger partial charge in [0.05, 0.1) is 11.7 Å². The van der Waals surface area contributed by atoms with Crippen LogP contribution in [0.2, 0.25) is 0 Å². The molecule has 0 saturated heterocycles. The summed E-state index contributed by atoms with van der Waals surface area (Å²) in [4.78, 5) is 11.3. The van der Waals surface area contributed by atoms with Gasteiger partial charge in [0.2, 0.25) is 0 Å². The van der Waals surface area contributed by atoms with Crippen LogP contribution in [0.15, 0.2) is 18.5 Å². The molecule has 0 atom stereocenters. The molecule has 2 heterocycles. The van der Waals surface area contributed by atoms with Crippen molar-refractivity contribution in [2.24, 2.45) is 0 Å². The van der Waals surface area contributed by atoms with Crippen molar-refractivity contribution in [2.75, 3.05) is 12.4 Å². The Kier molecular flexibility index (Phi) is 5.59. The molecule has 2 rings (SSSR count). The number of fused-ring (bicyclic) bond motifs is 1. The molecule has 0 aliphatic heterocycles. The summed E-state index contributed by atoms with van der Waals surface area (Å²) >= 11 is 5.92. The highest BCUT2D eigenvalue weighted by atomic mass is 35.5. The van der Waals surface area contributed by atoms with E-state index in [1.54, 1.807) is 0 Å². The number of pyridine rings is 1. The lowest BCUT2D eigenvalue weighted by atomic mass is 10.2. The third kappa shape index (κ3) is 3.74. The maximum absolute atomic E-state index is 5.92. The van der Waals surface area contributed by atoms with Gasteiger partial charge in [0.25, 0.3) is 0 Å². The van der Waals surface area contributed by atoms with Crippen LogP contribution >= 0.6 is 11.6 Å². The van der Waals surface area contributed by atoms with E-state index in [2.05, 4.69) is 47.1 Å². The summed E-state index contributed by atoms with van der Waals surface area (Å²) in [6.07, 6.45) is 4.44. The molecular formula is C16H25ClN4. The van der Waals surface area contributed by atoms with E-state index in [0.29, 0.717) is 18.0 Å². The number of nitrogens with zero attached hydrogens (tertiary/aromatic N) is 4. The Morgan fingerprint density at radius 3 is 2.57 bits per heavy atom. The maximum atomic E-state index is 5.92. The van der Waals surface area contributed by atoms with E-state index in [0.717, 1.165) is 36.4 Å². The van der Waals surface area contributed by atoms with Crippen LogP contribution < -0.4 is 0 Å². The molecule has 2 aromatic heterocycles. The zero-order chi connectivity index (χ0) is 15.4. The fraction of sp³-hybridized carbons (Fsp3) is 0.625. The quantitative estimate of drug-likeness (QED) is 0.736. The van der Waals surface area contributed by atoms with Crippen LogP contribution in [0.25, 0.3) is 11.0 Å².